The zero-order valence-electron chi connectivity index (χ0n) is 31.4. The van der Waals surface area contributed by atoms with Gasteiger partial charge in [0, 0.05) is 56.7 Å². The third kappa shape index (κ3) is 11.2. The maximum Gasteiger partial charge on any atom is 0.335 e. The summed E-state index contributed by atoms with van der Waals surface area (Å²) in [7, 11) is 0. The predicted molar refractivity (Wildman–Crippen MR) is 207 cm³/mol. The number of aromatic nitrogens is 1. The van der Waals surface area contributed by atoms with Gasteiger partial charge in [0.2, 0.25) is 23.6 Å². The van der Waals surface area contributed by atoms with Crippen LogP contribution in [0.2, 0.25) is 0 Å². The van der Waals surface area contributed by atoms with E-state index in [0.717, 1.165) is 23.4 Å². The molecule has 57 heavy (non-hydrogen) atoms. The van der Waals surface area contributed by atoms with Crippen LogP contribution in [0.15, 0.2) is 77.2 Å². The molecule has 0 saturated carbocycles. The largest absolute Gasteiger partial charge is 0.512 e. The molecule has 300 valence electrons. The molecule has 3 heterocycles. The number of aromatic carboxylic acids is 1. The van der Waals surface area contributed by atoms with Gasteiger partial charge in [-0.2, -0.15) is 0 Å². The number of carboxylic acids is 1. The van der Waals surface area contributed by atoms with Crippen LogP contribution in [0, 0.1) is 17.7 Å². The van der Waals surface area contributed by atoms with E-state index in [1.165, 1.54) is 28.1 Å². The fraction of sp³-hybridized carbons (Fsp3) is 0.350. The van der Waals surface area contributed by atoms with E-state index in [1.807, 2.05) is 12.1 Å². The van der Waals surface area contributed by atoms with Crippen LogP contribution in [0.5, 0.6) is 0 Å². The van der Waals surface area contributed by atoms with E-state index in [2.05, 4.69) is 15.8 Å². The number of nitrogens with one attached hydrogen (secondary N) is 4. The second-order valence-electron chi connectivity index (χ2n) is 13.8. The van der Waals surface area contributed by atoms with Gasteiger partial charge in [0.25, 0.3) is 0 Å². The van der Waals surface area contributed by atoms with Gasteiger partial charge >= 0.3 is 5.97 Å². The van der Waals surface area contributed by atoms with Crippen molar-refractivity contribution < 1.29 is 43.4 Å². The van der Waals surface area contributed by atoms with Gasteiger partial charge in [0.1, 0.15) is 23.6 Å². The molecule has 17 nitrogen and oxygen atoms in total. The van der Waals surface area contributed by atoms with Crippen molar-refractivity contribution in [2.24, 2.45) is 5.73 Å². The van der Waals surface area contributed by atoms with E-state index >= 15 is 0 Å². The SMILES string of the molecule is Cc1cc(CC(=O)N2C[C@H](OCC(=N)/C=C(\O)CC(=O)N3CCC[C@H]3C(=O)NCc3ccc(/C(C=N)=C/N)cc3)C[C@H]2C(=O)NCc2ccc(C(=O)O)cc2)on1. The number of likely N-dealkylation sites (tertiary alicyclic amines) is 2. The summed E-state index contributed by atoms with van der Waals surface area (Å²) in [6, 6.07) is 13.3. The highest BCUT2D eigenvalue weighted by Gasteiger charge is 2.40. The van der Waals surface area contributed by atoms with Gasteiger partial charge in [-0.3, -0.25) is 19.2 Å². The molecule has 3 aromatic rings. The fourth-order valence-corrected chi connectivity index (χ4v) is 6.71. The molecular weight excluding hydrogens is 736 g/mol. The van der Waals surface area contributed by atoms with Crippen LogP contribution in [0.1, 0.15) is 64.2 Å². The lowest BCUT2D eigenvalue weighted by atomic mass is 10.1. The number of rotatable bonds is 17. The summed E-state index contributed by atoms with van der Waals surface area (Å²) in [4.78, 5) is 67.0. The van der Waals surface area contributed by atoms with Gasteiger partial charge in [0.15, 0.2) is 0 Å². The molecule has 0 radical (unpaired) electrons. The maximum absolute atomic E-state index is 13.4. The third-order valence-corrected chi connectivity index (χ3v) is 9.67. The first kappa shape index (κ1) is 41.5. The highest BCUT2D eigenvalue weighted by Crippen LogP contribution is 2.24. The molecule has 2 aromatic carbocycles. The number of allylic oxidation sites excluding steroid dienone is 1. The Hall–Kier alpha value is -6.62. The second-order valence-corrected chi connectivity index (χ2v) is 13.8. The standard InChI is InChI=1S/C40H46N8O9/c1-24-13-32(57-46-24)17-37(51)48-22-33(16-35(48)39(53)45-21-26-6-10-28(11-7-26)40(54)55)56-23-30(43)14-31(49)15-36(50)47-12-2-3-34(47)38(52)44-20-25-4-8-27(9-5-25)29(18-41)19-42/h4-11,13-14,18-19,33-35,41,43,49H,2-3,12,15-17,20-23,42H2,1H3,(H,44,52)(H,45,53)(H,54,55)/b29-19+,31-14-,41-18?,43-30?/t33-,34+,35+/m1/s1. The predicted octanol–water partition coefficient (Wildman–Crippen LogP) is 2.63. The molecule has 8 N–H and O–H groups in total. The molecule has 3 atom stereocenters. The normalized spacial score (nSPS) is 18.3. The highest BCUT2D eigenvalue weighted by atomic mass is 16.5. The van der Waals surface area contributed by atoms with E-state index in [0.29, 0.717) is 42.0 Å². The minimum absolute atomic E-state index is 0.0415. The van der Waals surface area contributed by atoms with Crippen molar-refractivity contribution in [2.75, 3.05) is 19.7 Å². The Balaban J connectivity index is 1.12. The summed E-state index contributed by atoms with van der Waals surface area (Å²) in [5, 5.41) is 45.1. The molecule has 0 unspecified atom stereocenters. The van der Waals surface area contributed by atoms with Crippen molar-refractivity contribution in [3.8, 4) is 0 Å². The van der Waals surface area contributed by atoms with Crippen LogP contribution in [0.25, 0.3) is 5.57 Å². The molecule has 0 bridgehead atoms. The fourth-order valence-electron chi connectivity index (χ4n) is 6.71. The van der Waals surface area contributed by atoms with Crippen LogP contribution >= 0.6 is 0 Å². The van der Waals surface area contributed by atoms with Crippen LogP contribution in [0.3, 0.4) is 0 Å². The van der Waals surface area contributed by atoms with Gasteiger partial charge < -0.3 is 56.5 Å². The Morgan fingerprint density at radius 1 is 0.947 bits per heavy atom. The van der Waals surface area contributed by atoms with Crippen molar-refractivity contribution in [1.29, 1.82) is 10.8 Å². The van der Waals surface area contributed by atoms with Gasteiger partial charge in [-0.15, -0.1) is 0 Å². The van der Waals surface area contributed by atoms with Crippen LogP contribution in [-0.2, 0) is 43.4 Å². The third-order valence-electron chi connectivity index (χ3n) is 9.67. The minimum Gasteiger partial charge on any atom is -0.512 e. The lowest BCUT2D eigenvalue weighted by Crippen LogP contribution is -2.46. The number of nitrogens with two attached hydrogens (primary N) is 1. The summed E-state index contributed by atoms with van der Waals surface area (Å²) in [5.74, 6) is -2.74. The molecule has 5 rings (SSSR count). The summed E-state index contributed by atoms with van der Waals surface area (Å²) in [6.07, 6.45) is 3.60. The van der Waals surface area contributed by atoms with Crippen molar-refractivity contribution in [1.82, 2.24) is 25.6 Å². The summed E-state index contributed by atoms with van der Waals surface area (Å²) in [5.41, 5.74) is 8.92. The zero-order chi connectivity index (χ0) is 41.1. The Labute approximate surface area is 328 Å². The second kappa shape index (κ2) is 19.3. The molecule has 2 aliphatic heterocycles. The van der Waals surface area contributed by atoms with Crippen molar-refractivity contribution in [2.45, 2.75) is 70.3 Å². The topological polar surface area (TPSA) is 265 Å². The first-order chi connectivity index (χ1) is 27.3. The van der Waals surface area contributed by atoms with Crippen molar-refractivity contribution in [3.63, 3.8) is 0 Å². The van der Waals surface area contributed by atoms with E-state index in [4.69, 9.17) is 30.9 Å². The number of aryl methyl sites for hydroxylation is 1. The number of carboxylic acid groups (broad SMARTS) is 1. The molecule has 4 amide bonds. The first-order valence-electron chi connectivity index (χ1n) is 18.3. The number of hydrogen-bond acceptors (Lipinski definition) is 12. The van der Waals surface area contributed by atoms with E-state index in [1.54, 1.807) is 37.3 Å². The molecule has 2 saturated heterocycles. The molecule has 17 heteroatoms. The number of hydrogen-bond donors (Lipinski definition) is 7. The lowest BCUT2D eigenvalue weighted by Gasteiger charge is -2.24. The first-order valence-corrected chi connectivity index (χ1v) is 18.3. The Bertz CT molecular complexity index is 2040. The van der Waals surface area contributed by atoms with E-state index in [9.17, 15) is 29.1 Å². The number of aliphatic hydroxyl groups excluding tert-OH is 1. The average Bonchev–Trinajstić information content (AvgIpc) is 3.96. The van der Waals surface area contributed by atoms with Gasteiger partial charge in [-0.25, -0.2) is 4.79 Å². The summed E-state index contributed by atoms with van der Waals surface area (Å²) < 4.78 is 11.1. The van der Waals surface area contributed by atoms with Crippen molar-refractivity contribution >= 4 is 47.1 Å². The number of carbonyl (C=O) groups is 5. The molecule has 2 aliphatic rings. The quantitative estimate of drug-likeness (QED) is 0.0773. The maximum atomic E-state index is 13.4. The molecule has 1 aromatic heterocycles. The van der Waals surface area contributed by atoms with E-state index in [-0.39, 0.29) is 62.0 Å². The summed E-state index contributed by atoms with van der Waals surface area (Å²) in [6.45, 7) is 2.15. The highest BCUT2D eigenvalue weighted by molar-refractivity contribution is 6.08. The van der Waals surface area contributed by atoms with Crippen LogP contribution in [-0.4, -0.2) is 105 Å². The van der Waals surface area contributed by atoms with Gasteiger partial charge in [0.05, 0.1) is 42.5 Å². The number of amides is 4. The monoisotopic (exact) mass is 782 g/mol. The van der Waals surface area contributed by atoms with Crippen molar-refractivity contribution in [3.05, 3.63) is 106 Å². The number of aliphatic hydroxyl groups is 1. The van der Waals surface area contributed by atoms with Gasteiger partial charge in [-0.1, -0.05) is 41.6 Å². The van der Waals surface area contributed by atoms with Gasteiger partial charge in [-0.05, 0) is 54.7 Å². The Morgan fingerprint density at radius 2 is 1.58 bits per heavy atom. The summed E-state index contributed by atoms with van der Waals surface area (Å²) >= 11 is 0. The Kier molecular flexibility index (Phi) is 14.1. The minimum atomic E-state index is -1.07. The zero-order valence-corrected chi connectivity index (χ0v) is 31.4. The molecule has 2 fully saturated rings. The molecule has 0 aliphatic carbocycles. The Morgan fingerprint density at radius 3 is 2.16 bits per heavy atom. The molecule has 0 spiro atoms. The van der Waals surface area contributed by atoms with Crippen LogP contribution in [0.4, 0.5) is 0 Å². The molecular formula is C40H46N8O9. The number of ether oxygens (including phenoxy) is 1. The smallest absolute Gasteiger partial charge is 0.335 e. The van der Waals surface area contributed by atoms with Crippen LogP contribution < -0.4 is 16.4 Å². The van der Waals surface area contributed by atoms with E-state index < -0.39 is 48.3 Å². The lowest BCUT2D eigenvalue weighted by molar-refractivity contribution is -0.138. The number of nitrogens with zero attached hydrogens (tertiary/aromatic N) is 3. The average molecular weight is 783 g/mol. The number of carbonyl (C=O) groups excluding carboxylic acids is 4. The number of benzene rings is 2.